The minimum atomic E-state index is 0.627. The van der Waals surface area contributed by atoms with Crippen LogP contribution in [0.25, 0.3) is 0 Å². The van der Waals surface area contributed by atoms with Crippen LogP contribution in [0.3, 0.4) is 0 Å². The van der Waals surface area contributed by atoms with Crippen LogP contribution in [-0.2, 0) is 0 Å². The molecule has 1 aliphatic rings. The molecule has 0 bridgehead atoms. The van der Waals surface area contributed by atoms with E-state index in [0.717, 1.165) is 17.8 Å². The lowest BCUT2D eigenvalue weighted by Crippen LogP contribution is -2.27. The molecular weight excluding hydrogens is 220 g/mol. The van der Waals surface area contributed by atoms with Crippen LogP contribution in [0.2, 0.25) is 0 Å². The number of likely N-dealkylation sites (tertiary alicyclic amines) is 1. The first kappa shape index (κ1) is 16.0. The van der Waals surface area contributed by atoms with Crippen LogP contribution in [0.4, 0.5) is 0 Å². The fraction of sp³-hybridized carbons (Fsp3) is 1.00. The van der Waals surface area contributed by atoms with Crippen molar-refractivity contribution >= 4 is 0 Å². The monoisotopic (exact) mass is 254 g/mol. The fourth-order valence-electron chi connectivity index (χ4n) is 2.78. The van der Waals surface area contributed by atoms with E-state index in [1.54, 1.807) is 0 Å². The molecule has 1 rings (SSSR count). The van der Waals surface area contributed by atoms with E-state index in [0.29, 0.717) is 6.04 Å². The summed E-state index contributed by atoms with van der Waals surface area (Å²) in [7, 11) is 0. The van der Waals surface area contributed by atoms with Gasteiger partial charge >= 0.3 is 0 Å². The standard InChI is InChI=1S/C16H34N2/c1-13(2)16-8-11-18(12-16)10-7-15(5)6-9-17-14(3)4/h13-17H,6-12H2,1-5H3. The summed E-state index contributed by atoms with van der Waals surface area (Å²) in [6.07, 6.45) is 4.10. The topological polar surface area (TPSA) is 15.3 Å². The summed E-state index contributed by atoms with van der Waals surface area (Å²) < 4.78 is 0. The van der Waals surface area contributed by atoms with Gasteiger partial charge in [-0.2, -0.15) is 0 Å². The summed E-state index contributed by atoms with van der Waals surface area (Å²) >= 11 is 0. The third kappa shape index (κ3) is 6.19. The van der Waals surface area contributed by atoms with E-state index >= 15 is 0 Å². The molecule has 0 saturated carbocycles. The van der Waals surface area contributed by atoms with E-state index < -0.39 is 0 Å². The fourth-order valence-corrected chi connectivity index (χ4v) is 2.78. The zero-order chi connectivity index (χ0) is 13.5. The average molecular weight is 254 g/mol. The Bertz CT molecular complexity index is 213. The Labute approximate surface area is 115 Å². The molecule has 108 valence electrons. The maximum atomic E-state index is 3.51. The highest BCUT2D eigenvalue weighted by Crippen LogP contribution is 2.24. The van der Waals surface area contributed by atoms with Crippen molar-refractivity contribution in [3.8, 4) is 0 Å². The summed E-state index contributed by atoms with van der Waals surface area (Å²) in [6, 6.07) is 0.627. The molecule has 18 heavy (non-hydrogen) atoms. The molecule has 1 N–H and O–H groups in total. The molecule has 0 radical (unpaired) electrons. The minimum absolute atomic E-state index is 0.627. The van der Waals surface area contributed by atoms with E-state index in [9.17, 15) is 0 Å². The predicted molar refractivity (Wildman–Crippen MR) is 80.9 cm³/mol. The predicted octanol–water partition coefficient (Wildman–Crippen LogP) is 3.38. The summed E-state index contributed by atoms with van der Waals surface area (Å²) in [5.74, 6) is 2.67. The average Bonchev–Trinajstić information content (AvgIpc) is 2.74. The first-order valence-corrected chi connectivity index (χ1v) is 7.94. The summed E-state index contributed by atoms with van der Waals surface area (Å²) in [5, 5.41) is 3.51. The van der Waals surface area contributed by atoms with Gasteiger partial charge in [-0.25, -0.2) is 0 Å². The zero-order valence-corrected chi connectivity index (χ0v) is 13.2. The van der Waals surface area contributed by atoms with Gasteiger partial charge in [0.15, 0.2) is 0 Å². The summed E-state index contributed by atoms with van der Waals surface area (Å²) in [4.78, 5) is 2.68. The van der Waals surface area contributed by atoms with Crippen molar-refractivity contribution in [2.24, 2.45) is 17.8 Å². The van der Waals surface area contributed by atoms with E-state index in [1.807, 2.05) is 0 Å². The Kier molecular flexibility index (Phi) is 7.25. The largest absolute Gasteiger partial charge is 0.315 e. The van der Waals surface area contributed by atoms with Crippen molar-refractivity contribution < 1.29 is 0 Å². The van der Waals surface area contributed by atoms with Gasteiger partial charge in [0.1, 0.15) is 0 Å². The van der Waals surface area contributed by atoms with Crippen LogP contribution in [0.1, 0.15) is 53.9 Å². The maximum Gasteiger partial charge on any atom is 0.00126 e. The number of rotatable bonds is 8. The molecular formula is C16H34N2. The molecule has 2 heteroatoms. The van der Waals surface area contributed by atoms with Gasteiger partial charge in [-0.05, 0) is 56.7 Å². The number of nitrogens with zero attached hydrogens (tertiary/aromatic N) is 1. The third-order valence-corrected chi connectivity index (χ3v) is 4.38. The second kappa shape index (κ2) is 8.16. The van der Waals surface area contributed by atoms with Crippen molar-refractivity contribution in [2.75, 3.05) is 26.2 Å². The summed E-state index contributed by atoms with van der Waals surface area (Å²) in [6.45, 7) is 16.7. The molecule has 2 atom stereocenters. The molecule has 0 aliphatic carbocycles. The van der Waals surface area contributed by atoms with Gasteiger partial charge in [0.2, 0.25) is 0 Å². The second-order valence-corrected chi connectivity index (χ2v) is 6.88. The van der Waals surface area contributed by atoms with Gasteiger partial charge in [0, 0.05) is 12.6 Å². The van der Waals surface area contributed by atoms with Crippen LogP contribution in [0.15, 0.2) is 0 Å². The van der Waals surface area contributed by atoms with Gasteiger partial charge in [-0.1, -0.05) is 34.6 Å². The lowest BCUT2D eigenvalue weighted by molar-refractivity contribution is 0.278. The van der Waals surface area contributed by atoms with Crippen molar-refractivity contribution in [1.82, 2.24) is 10.2 Å². The minimum Gasteiger partial charge on any atom is -0.315 e. The van der Waals surface area contributed by atoms with Crippen LogP contribution in [0, 0.1) is 17.8 Å². The lowest BCUT2D eigenvalue weighted by atomic mass is 9.95. The lowest BCUT2D eigenvalue weighted by Gasteiger charge is -2.20. The molecule has 0 amide bonds. The van der Waals surface area contributed by atoms with E-state index in [2.05, 4.69) is 44.8 Å². The smallest absolute Gasteiger partial charge is 0.00126 e. The number of nitrogens with one attached hydrogen (secondary N) is 1. The molecule has 1 aliphatic heterocycles. The normalized spacial score (nSPS) is 23.2. The highest BCUT2D eigenvalue weighted by atomic mass is 15.1. The Morgan fingerprint density at radius 2 is 1.83 bits per heavy atom. The second-order valence-electron chi connectivity index (χ2n) is 6.88. The zero-order valence-electron chi connectivity index (χ0n) is 13.2. The highest BCUT2D eigenvalue weighted by Gasteiger charge is 2.24. The first-order valence-electron chi connectivity index (χ1n) is 7.94. The molecule has 2 unspecified atom stereocenters. The van der Waals surface area contributed by atoms with E-state index in [4.69, 9.17) is 0 Å². The molecule has 1 fully saturated rings. The highest BCUT2D eigenvalue weighted by molar-refractivity contribution is 4.77. The molecule has 0 aromatic heterocycles. The van der Waals surface area contributed by atoms with E-state index in [-0.39, 0.29) is 0 Å². The quantitative estimate of drug-likeness (QED) is 0.714. The van der Waals surface area contributed by atoms with Crippen molar-refractivity contribution in [2.45, 2.75) is 59.9 Å². The van der Waals surface area contributed by atoms with Gasteiger partial charge in [-0.15, -0.1) is 0 Å². The van der Waals surface area contributed by atoms with Crippen LogP contribution in [0.5, 0.6) is 0 Å². The first-order chi connectivity index (χ1) is 8.49. The molecule has 1 saturated heterocycles. The van der Waals surface area contributed by atoms with Crippen LogP contribution >= 0.6 is 0 Å². The molecule has 0 aromatic rings. The Hall–Kier alpha value is -0.0800. The van der Waals surface area contributed by atoms with Gasteiger partial charge in [0.25, 0.3) is 0 Å². The molecule has 0 spiro atoms. The third-order valence-electron chi connectivity index (χ3n) is 4.38. The molecule has 2 nitrogen and oxygen atoms in total. The Morgan fingerprint density at radius 1 is 1.11 bits per heavy atom. The van der Waals surface area contributed by atoms with Crippen molar-refractivity contribution in [3.63, 3.8) is 0 Å². The maximum absolute atomic E-state index is 3.51. The molecule has 1 heterocycles. The van der Waals surface area contributed by atoms with Gasteiger partial charge in [-0.3, -0.25) is 0 Å². The van der Waals surface area contributed by atoms with E-state index in [1.165, 1.54) is 45.4 Å². The van der Waals surface area contributed by atoms with Gasteiger partial charge < -0.3 is 10.2 Å². The van der Waals surface area contributed by atoms with Gasteiger partial charge in [0.05, 0.1) is 0 Å². The number of hydrogen-bond acceptors (Lipinski definition) is 2. The van der Waals surface area contributed by atoms with Crippen LogP contribution < -0.4 is 5.32 Å². The Balaban J connectivity index is 2.06. The van der Waals surface area contributed by atoms with Crippen molar-refractivity contribution in [3.05, 3.63) is 0 Å². The SMILES string of the molecule is CC(CCNC(C)C)CCN1CCC(C(C)C)C1. The van der Waals surface area contributed by atoms with Crippen LogP contribution in [-0.4, -0.2) is 37.1 Å². The van der Waals surface area contributed by atoms with Crippen molar-refractivity contribution in [1.29, 1.82) is 0 Å². The molecule has 0 aromatic carbocycles. The Morgan fingerprint density at radius 3 is 2.39 bits per heavy atom. The number of hydrogen-bond donors (Lipinski definition) is 1. The summed E-state index contributed by atoms with van der Waals surface area (Å²) in [5.41, 5.74) is 0.